The Bertz CT molecular complexity index is 325. The second-order valence-corrected chi connectivity index (χ2v) is 5.17. The third-order valence-electron chi connectivity index (χ3n) is 3.28. The maximum atomic E-state index is 8.69. The van der Waals surface area contributed by atoms with Gasteiger partial charge in [-0.2, -0.15) is 0 Å². The van der Waals surface area contributed by atoms with Crippen LogP contribution in [0.5, 0.6) is 0 Å². The standard InChI is InChI=1S/C16H27NO/c1-14-7-6-8-16(13-14)10-9-15(2)17-11-4-3-5-12-18/h6-8,13,15,17-18H,3-5,9-12H2,1-2H3. The zero-order valence-corrected chi connectivity index (χ0v) is 11.8. The number of hydrogen-bond donors (Lipinski definition) is 2. The Hall–Kier alpha value is -0.860. The summed E-state index contributed by atoms with van der Waals surface area (Å²) in [4.78, 5) is 0. The van der Waals surface area contributed by atoms with E-state index in [1.54, 1.807) is 0 Å². The highest BCUT2D eigenvalue weighted by molar-refractivity contribution is 5.22. The van der Waals surface area contributed by atoms with Gasteiger partial charge in [0.1, 0.15) is 0 Å². The smallest absolute Gasteiger partial charge is 0.0431 e. The molecule has 0 aliphatic heterocycles. The Morgan fingerprint density at radius 3 is 2.78 bits per heavy atom. The van der Waals surface area contributed by atoms with Crippen molar-refractivity contribution in [1.82, 2.24) is 5.32 Å². The Labute approximate surface area is 111 Å². The van der Waals surface area contributed by atoms with Crippen molar-refractivity contribution >= 4 is 0 Å². The summed E-state index contributed by atoms with van der Waals surface area (Å²) in [5.41, 5.74) is 2.78. The first kappa shape index (κ1) is 15.2. The van der Waals surface area contributed by atoms with Crippen LogP contribution in [-0.4, -0.2) is 24.3 Å². The Kier molecular flexibility index (Phi) is 7.70. The molecule has 0 saturated carbocycles. The maximum Gasteiger partial charge on any atom is 0.0431 e. The van der Waals surface area contributed by atoms with Gasteiger partial charge in [-0.15, -0.1) is 0 Å². The van der Waals surface area contributed by atoms with Gasteiger partial charge in [0.2, 0.25) is 0 Å². The largest absolute Gasteiger partial charge is 0.396 e. The molecule has 2 N–H and O–H groups in total. The SMILES string of the molecule is Cc1cccc(CCC(C)NCCCCCO)c1. The summed E-state index contributed by atoms with van der Waals surface area (Å²) in [6.07, 6.45) is 5.54. The second-order valence-electron chi connectivity index (χ2n) is 5.17. The van der Waals surface area contributed by atoms with Crippen molar-refractivity contribution in [2.24, 2.45) is 0 Å². The fourth-order valence-corrected chi connectivity index (χ4v) is 2.11. The minimum Gasteiger partial charge on any atom is -0.396 e. The topological polar surface area (TPSA) is 32.3 Å². The molecule has 0 radical (unpaired) electrons. The lowest BCUT2D eigenvalue weighted by atomic mass is 10.0. The van der Waals surface area contributed by atoms with Gasteiger partial charge in [0, 0.05) is 12.6 Å². The van der Waals surface area contributed by atoms with E-state index < -0.39 is 0 Å². The van der Waals surface area contributed by atoms with E-state index >= 15 is 0 Å². The van der Waals surface area contributed by atoms with Crippen molar-refractivity contribution in [3.63, 3.8) is 0 Å². The predicted molar refractivity (Wildman–Crippen MR) is 77.9 cm³/mol. The molecular formula is C16H27NO. The summed E-state index contributed by atoms with van der Waals surface area (Å²) >= 11 is 0. The zero-order chi connectivity index (χ0) is 13.2. The molecule has 0 saturated heterocycles. The van der Waals surface area contributed by atoms with Crippen molar-refractivity contribution in [3.8, 4) is 0 Å². The van der Waals surface area contributed by atoms with Crippen LogP contribution in [0.3, 0.4) is 0 Å². The minimum atomic E-state index is 0.322. The average Bonchev–Trinajstić information content (AvgIpc) is 2.36. The molecule has 1 aromatic rings. The molecule has 0 aromatic heterocycles. The number of unbranched alkanes of at least 4 members (excludes halogenated alkanes) is 2. The highest BCUT2D eigenvalue weighted by atomic mass is 16.2. The highest BCUT2D eigenvalue weighted by Crippen LogP contribution is 2.08. The third kappa shape index (κ3) is 6.77. The summed E-state index contributed by atoms with van der Waals surface area (Å²) in [5.74, 6) is 0. The fourth-order valence-electron chi connectivity index (χ4n) is 2.11. The number of nitrogens with one attached hydrogen (secondary N) is 1. The quantitative estimate of drug-likeness (QED) is 0.659. The van der Waals surface area contributed by atoms with Crippen molar-refractivity contribution in [1.29, 1.82) is 0 Å². The normalized spacial score (nSPS) is 12.6. The number of aliphatic hydroxyl groups excluding tert-OH is 1. The number of rotatable bonds is 9. The molecule has 2 heteroatoms. The molecular weight excluding hydrogens is 222 g/mol. The zero-order valence-electron chi connectivity index (χ0n) is 11.8. The van der Waals surface area contributed by atoms with Crippen LogP contribution in [-0.2, 0) is 6.42 Å². The third-order valence-corrected chi connectivity index (χ3v) is 3.28. The summed E-state index contributed by atoms with van der Waals surface area (Å²) < 4.78 is 0. The van der Waals surface area contributed by atoms with Gasteiger partial charge in [-0.3, -0.25) is 0 Å². The molecule has 0 spiro atoms. The average molecular weight is 249 g/mol. The maximum absolute atomic E-state index is 8.69. The van der Waals surface area contributed by atoms with E-state index in [4.69, 9.17) is 5.11 Å². The van der Waals surface area contributed by atoms with Gasteiger partial charge in [-0.1, -0.05) is 29.8 Å². The molecule has 2 nitrogen and oxygen atoms in total. The van der Waals surface area contributed by atoms with Crippen LogP contribution < -0.4 is 5.32 Å². The monoisotopic (exact) mass is 249 g/mol. The van der Waals surface area contributed by atoms with Crippen molar-refractivity contribution < 1.29 is 5.11 Å². The molecule has 0 heterocycles. The van der Waals surface area contributed by atoms with E-state index in [-0.39, 0.29) is 0 Å². The van der Waals surface area contributed by atoms with Crippen LogP contribution >= 0.6 is 0 Å². The molecule has 18 heavy (non-hydrogen) atoms. The number of benzene rings is 1. The molecule has 102 valence electrons. The predicted octanol–water partition coefficient (Wildman–Crippen LogP) is 3.07. The van der Waals surface area contributed by atoms with E-state index in [0.29, 0.717) is 12.6 Å². The minimum absolute atomic E-state index is 0.322. The van der Waals surface area contributed by atoms with Crippen molar-refractivity contribution in [3.05, 3.63) is 35.4 Å². The molecule has 0 fully saturated rings. The first-order chi connectivity index (χ1) is 8.72. The number of aliphatic hydroxyl groups is 1. The van der Waals surface area contributed by atoms with Crippen LogP contribution in [0.1, 0.15) is 43.7 Å². The fraction of sp³-hybridized carbons (Fsp3) is 0.625. The van der Waals surface area contributed by atoms with E-state index in [0.717, 1.165) is 32.2 Å². The van der Waals surface area contributed by atoms with Crippen LogP contribution in [0.4, 0.5) is 0 Å². The molecule has 0 bridgehead atoms. The molecule has 1 unspecified atom stereocenters. The van der Waals surface area contributed by atoms with Gasteiger partial charge < -0.3 is 10.4 Å². The van der Waals surface area contributed by atoms with Crippen molar-refractivity contribution in [2.75, 3.05) is 13.2 Å². The van der Waals surface area contributed by atoms with Gasteiger partial charge >= 0.3 is 0 Å². The van der Waals surface area contributed by atoms with Crippen LogP contribution in [0.25, 0.3) is 0 Å². The van der Waals surface area contributed by atoms with E-state index in [9.17, 15) is 0 Å². The molecule has 1 rings (SSSR count). The Morgan fingerprint density at radius 2 is 2.06 bits per heavy atom. The van der Waals surface area contributed by atoms with E-state index in [2.05, 4.69) is 43.4 Å². The van der Waals surface area contributed by atoms with Crippen LogP contribution in [0.15, 0.2) is 24.3 Å². The van der Waals surface area contributed by atoms with Gasteiger partial charge in [-0.05, 0) is 58.1 Å². The molecule has 0 aliphatic carbocycles. The van der Waals surface area contributed by atoms with Gasteiger partial charge in [-0.25, -0.2) is 0 Å². The van der Waals surface area contributed by atoms with Gasteiger partial charge in [0.05, 0.1) is 0 Å². The summed E-state index contributed by atoms with van der Waals surface area (Å²) in [6.45, 7) is 5.78. The first-order valence-corrected chi connectivity index (χ1v) is 7.12. The lowest BCUT2D eigenvalue weighted by molar-refractivity contribution is 0.282. The lowest BCUT2D eigenvalue weighted by Crippen LogP contribution is -2.27. The first-order valence-electron chi connectivity index (χ1n) is 7.12. The van der Waals surface area contributed by atoms with Gasteiger partial charge in [0.15, 0.2) is 0 Å². The number of hydrogen-bond acceptors (Lipinski definition) is 2. The number of aryl methyl sites for hydroxylation is 2. The van der Waals surface area contributed by atoms with Crippen molar-refractivity contribution in [2.45, 2.75) is 52.0 Å². The second kappa shape index (κ2) is 9.12. The Balaban J connectivity index is 2.11. The van der Waals surface area contributed by atoms with Crippen LogP contribution in [0.2, 0.25) is 0 Å². The van der Waals surface area contributed by atoms with Gasteiger partial charge in [0.25, 0.3) is 0 Å². The van der Waals surface area contributed by atoms with Crippen LogP contribution in [0, 0.1) is 6.92 Å². The van der Waals surface area contributed by atoms with E-state index in [1.165, 1.54) is 17.5 Å². The highest BCUT2D eigenvalue weighted by Gasteiger charge is 2.01. The summed E-state index contributed by atoms with van der Waals surface area (Å²) in [7, 11) is 0. The summed E-state index contributed by atoms with van der Waals surface area (Å²) in [5, 5.41) is 12.2. The Morgan fingerprint density at radius 1 is 1.22 bits per heavy atom. The molecule has 0 amide bonds. The lowest BCUT2D eigenvalue weighted by Gasteiger charge is -2.13. The molecule has 1 aromatic carbocycles. The van der Waals surface area contributed by atoms with E-state index in [1.807, 2.05) is 0 Å². The molecule has 1 atom stereocenters. The summed E-state index contributed by atoms with van der Waals surface area (Å²) in [6, 6.07) is 9.33. The molecule has 0 aliphatic rings.